The van der Waals surface area contributed by atoms with E-state index in [1.54, 1.807) is 0 Å². The number of piperazine rings is 1. The summed E-state index contributed by atoms with van der Waals surface area (Å²) in [6.45, 7) is 5.51. The quantitative estimate of drug-likeness (QED) is 0.625. The van der Waals surface area contributed by atoms with E-state index in [-0.39, 0.29) is 5.91 Å². The number of carbonyl (C=O) groups is 1. The zero-order chi connectivity index (χ0) is 25.2. The van der Waals surface area contributed by atoms with Gasteiger partial charge < -0.3 is 16.0 Å². The molecule has 1 spiro atoms. The highest BCUT2D eigenvalue weighted by Gasteiger charge is 2.50. The standard InChI is InChI=1S/C30H39N5O/c1-34-16-18-35(19-17-34)22-24-4-8-26(9-5-24)25-6-2-23(3-7-25)20-27(21-31)33-28(36)30(32)14-12-29(10-11-29)13-15-30/h2-9,27H,10-20,22,32H2,1H3,(H,33,36)/t27-/m0/s1. The van der Waals surface area contributed by atoms with Crippen molar-refractivity contribution >= 4 is 5.91 Å². The summed E-state index contributed by atoms with van der Waals surface area (Å²) in [6.07, 6.45) is 6.55. The van der Waals surface area contributed by atoms with Crippen LogP contribution in [-0.2, 0) is 17.8 Å². The summed E-state index contributed by atoms with van der Waals surface area (Å²) < 4.78 is 0. The van der Waals surface area contributed by atoms with E-state index in [4.69, 9.17) is 5.73 Å². The Balaban J connectivity index is 1.14. The molecule has 1 saturated heterocycles. The number of hydrogen-bond donors (Lipinski definition) is 2. The van der Waals surface area contributed by atoms with Crippen LogP contribution in [0.3, 0.4) is 0 Å². The summed E-state index contributed by atoms with van der Waals surface area (Å²) in [5, 5.41) is 12.6. The van der Waals surface area contributed by atoms with Crippen molar-refractivity contribution < 1.29 is 4.79 Å². The van der Waals surface area contributed by atoms with Gasteiger partial charge in [-0.3, -0.25) is 9.69 Å². The fraction of sp³-hybridized carbons (Fsp3) is 0.533. The van der Waals surface area contributed by atoms with E-state index in [1.165, 1.54) is 24.0 Å². The van der Waals surface area contributed by atoms with Gasteiger partial charge in [-0.1, -0.05) is 48.5 Å². The molecule has 36 heavy (non-hydrogen) atoms. The fourth-order valence-electron chi connectivity index (χ4n) is 5.70. The number of nitriles is 1. The predicted octanol–water partition coefficient (Wildman–Crippen LogP) is 3.70. The minimum atomic E-state index is -0.830. The number of hydrogen-bond acceptors (Lipinski definition) is 5. The highest BCUT2D eigenvalue weighted by Crippen LogP contribution is 2.57. The molecule has 1 amide bonds. The van der Waals surface area contributed by atoms with Crippen LogP contribution in [0, 0.1) is 16.7 Å². The Kier molecular flexibility index (Phi) is 7.16. The van der Waals surface area contributed by atoms with Gasteiger partial charge in [0.2, 0.25) is 5.91 Å². The zero-order valence-corrected chi connectivity index (χ0v) is 21.5. The molecule has 3 fully saturated rings. The Bertz CT molecular complexity index is 1080. The lowest BCUT2D eigenvalue weighted by Crippen LogP contribution is -2.58. The van der Waals surface area contributed by atoms with Crippen molar-refractivity contribution in [2.24, 2.45) is 11.1 Å². The summed E-state index contributed by atoms with van der Waals surface area (Å²) in [5.41, 5.74) is 10.8. The van der Waals surface area contributed by atoms with Crippen molar-refractivity contribution in [3.63, 3.8) is 0 Å². The molecule has 0 aromatic heterocycles. The monoisotopic (exact) mass is 485 g/mol. The second-order valence-corrected chi connectivity index (χ2v) is 11.5. The minimum absolute atomic E-state index is 0.169. The normalized spacial score (nSPS) is 22.0. The maximum Gasteiger partial charge on any atom is 0.241 e. The van der Waals surface area contributed by atoms with Crippen molar-refractivity contribution in [1.82, 2.24) is 15.1 Å². The third-order valence-corrected chi connectivity index (χ3v) is 8.76. The van der Waals surface area contributed by atoms with E-state index < -0.39 is 11.6 Å². The molecule has 2 aliphatic carbocycles. The molecule has 5 rings (SSSR count). The molecule has 1 aliphatic heterocycles. The van der Waals surface area contributed by atoms with Gasteiger partial charge in [-0.2, -0.15) is 5.26 Å². The van der Waals surface area contributed by atoms with Crippen molar-refractivity contribution in [2.75, 3.05) is 33.2 Å². The van der Waals surface area contributed by atoms with Crippen LogP contribution in [0.5, 0.6) is 0 Å². The molecule has 0 unspecified atom stereocenters. The molecule has 0 radical (unpaired) electrons. The van der Waals surface area contributed by atoms with E-state index in [2.05, 4.69) is 76.8 Å². The number of rotatable bonds is 7. The molecule has 1 atom stereocenters. The summed E-state index contributed by atoms with van der Waals surface area (Å²) in [5.74, 6) is -0.169. The summed E-state index contributed by atoms with van der Waals surface area (Å²) in [7, 11) is 2.18. The third kappa shape index (κ3) is 5.81. The molecular weight excluding hydrogens is 446 g/mol. The molecule has 0 bridgehead atoms. The Morgan fingerprint density at radius 3 is 1.97 bits per heavy atom. The molecule has 6 heteroatoms. The lowest BCUT2D eigenvalue weighted by atomic mass is 9.74. The average Bonchev–Trinajstić information content (AvgIpc) is 3.67. The Morgan fingerprint density at radius 2 is 1.44 bits per heavy atom. The Morgan fingerprint density at radius 1 is 0.917 bits per heavy atom. The van der Waals surface area contributed by atoms with Gasteiger partial charge in [0.1, 0.15) is 6.04 Å². The molecule has 190 valence electrons. The third-order valence-electron chi connectivity index (χ3n) is 8.76. The molecule has 2 aromatic carbocycles. The van der Waals surface area contributed by atoms with E-state index in [0.29, 0.717) is 11.8 Å². The van der Waals surface area contributed by atoms with Crippen LogP contribution in [-0.4, -0.2) is 60.5 Å². The van der Waals surface area contributed by atoms with Crippen LogP contribution < -0.4 is 11.1 Å². The van der Waals surface area contributed by atoms with Gasteiger partial charge >= 0.3 is 0 Å². The van der Waals surface area contributed by atoms with Gasteiger partial charge in [0.15, 0.2) is 0 Å². The van der Waals surface area contributed by atoms with Gasteiger partial charge in [-0.15, -0.1) is 0 Å². The lowest BCUT2D eigenvalue weighted by Gasteiger charge is -2.36. The van der Waals surface area contributed by atoms with Crippen LogP contribution >= 0.6 is 0 Å². The number of carbonyl (C=O) groups excluding carboxylic acids is 1. The zero-order valence-electron chi connectivity index (χ0n) is 21.5. The summed E-state index contributed by atoms with van der Waals surface area (Å²) in [6, 6.07) is 18.8. The number of amides is 1. The van der Waals surface area contributed by atoms with Crippen molar-refractivity contribution in [2.45, 2.75) is 63.1 Å². The number of nitrogens with one attached hydrogen (secondary N) is 1. The molecule has 2 aromatic rings. The number of likely N-dealkylation sites (N-methyl/N-ethyl adjacent to an activating group) is 1. The first-order valence-corrected chi connectivity index (χ1v) is 13.5. The van der Waals surface area contributed by atoms with Crippen LogP contribution in [0.4, 0.5) is 0 Å². The largest absolute Gasteiger partial charge is 0.338 e. The first-order valence-electron chi connectivity index (χ1n) is 13.5. The van der Waals surface area contributed by atoms with Gasteiger partial charge in [0.05, 0.1) is 11.6 Å². The minimum Gasteiger partial charge on any atom is -0.338 e. The average molecular weight is 486 g/mol. The maximum absolute atomic E-state index is 12.9. The van der Waals surface area contributed by atoms with E-state index in [1.807, 2.05) is 0 Å². The molecule has 3 N–H and O–H groups in total. The van der Waals surface area contributed by atoms with Crippen LogP contribution in [0.15, 0.2) is 48.5 Å². The number of nitrogens with zero attached hydrogens (tertiary/aromatic N) is 3. The van der Waals surface area contributed by atoms with E-state index in [0.717, 1.165) is 69.5 Å². The van der Waals surface area contributed by atoms with Crippen molar-refractivity contribution in [3.8, 4) is 17.2 Å². The smallest absolute Gasteiger partial charge is 0.241 e. The van der Waals surface area contributed by atoms with Gasteiger partial charge in [0.25, 0.3) is 0 Å². The Labute approximate surface area is 215 Å². The van der Waals surface area contributed by atoms with Crippen LogP contribution in [0.1, 0.15) is 49.7 Å². The number of benzene rings is 2. The van der Waals surface area contributed by atoms with E-state index in [9.17, 15) is 10.1 Å². The van der Waals surface area contributed by atoms with Gasteiger partial charge in [-0.05, 0) is 73.2 Å². The fourth-order valence-corrected chi connectivity index (χ4v) is 5.70. The first-order chi connectivity index (χ1) is 17.4. The highest BCUT2D eigenvalue weighted by molar-refractivity contribution is 5.86. The molecule has 6 nitrogen and oxygen atoms in total. The second-order valence-electron chi connectivity index (χ2n) is 11.5. The highest BCUT2D eigenvalue weighted by atomic mass is 16.2. The molecular formula is C30H39N5O. The maximum atomic E-state index is 12.9. The first kappa shape index (κ1) is 25.0. The number of nitrogens with two attached hydrogens (primary N) is 1. The molecule has 3 aliphatic rings. The molecule has 2 saturated carbocycles. The Hall–Kier alpha value is -2.72. The summed E-state index contributed by atoms with van der Waals surface area (Å²) >= 11 is 0. The second kappa shape index (κ2) is 10.3. The van der Waals surface area contributed by atoms with Crippen molar-refractivity contribution in [1.29, 1.82) is 5.26 Å². The lowest BCUT2D eigenvalue weighted by molar-refractivity contribution is -0.128. The van der Waals surface area contributed by atoms with Crippen LogP contribution in [0.2, 0.25) is 0 Å². The SMILES string of the molecule is CN1CCN(Cc2ccc(-c3ccc(C[C@@H](C#N)NC(=O)C4(N)CCC5(CC5)CC4)cc3)cc2)CC1. The van der Waals surface area contributed by atoms with Gasteiger partial charge in [0, 0.05) is 39.1 Å². The predicted molar refractivity (Wildman–Crippen MR) is 143 cm³/mol. The van der Waals surface area contributed by atoms with Crippen LogP contribution in [0.25, 0.3) is 11.1 Å². The topological polar surface area (TPSA) is 85.4 Å². The van der Waals surface area contributed by atoms with Crippen molar-refractivity contribution in [3.05, 3.63) is 59.7 Å². The van der Waals surface area contributed by atoms with E-state index >= 15 is 0 Å². The van der Waals surface area contributed by atoms with Gasteiger partial charge in [-0.25, -0.2) is 0 Å². The molecule has 1 heterocycles. The summed E-state index contributed by atoms with van der Waals surface area (Å²) in [4.78, 5) is 17.8.